The summed E-state index contributed by atoms with van der Waals surface area (Å²) in [5.41, 5.74) is 8.68. The smallest absolute Gasteiger partial charge is 0.227 e. The molecule has 0 aliphatic carbocycles. The standard InChI is InChI=1S/C39H23N3O/c1-2-7-27-22-29(14-11-24(27)6-1)39-42-35-23-28(16-20-36(35)43-39)30-17-18-33(32-10-4-3-9-31(30)32)34-19-15-26-13-12-25-8-5-21-40-37(25)38(26)41-34/h1-23H. The van der Waals surface area contributed by atoms with E-state index in [0.29, 0.717) is 5.89 Å². The molecule has 0 saturated heterocycles. The molecule has 0 atom stereocenters. The molecule has 4 nitrogen and oxygen atoms in total. The zero-order valence-corrected chi connectivity index (χ0v) is 23.0. The quantitative estimate of drug-likeness (QED) is 0.206. The van der Waals surface area contributed by atoms with Crippen LogP contribution in [0.25, 0.3) is 88.3 Å². The Bertz CT molecular complexity index is 2530. The molecule has 3 aromatic heterocycles. The second kappa shape index (κ2) is 9.33. The number of benzene rings is 6. The summed E-state index contributed by atoms with van der Waals surface area (Å²) in [6, 6.07) is 46.3. The van der Waals surface area contributed by atoms with E-state index in [9.17, 15) is 0 Å². The van der Waals surface area contributed by atoms with Crippen LogP contribution in [0, 0.1) is 0 Å². The van der Waals surface area contributed by atoms with Gasteiger partial charge in [-0.25, -0.2) is 9.97 Å². The van der Waals surface area contributed by atoms with Crippen LogP contribution in [-0.4, -0.2) is 15.0 Å². The zero-order chi connectivity index (χ0) is 28.3. The minimum Gasteiger partial charge on any atom is -0.436 e. The molecular weight excluding hydrogens is 526 g/mol. The minimum atomic E-state index is 0.627. The average Bonchev–Trinajstić information content (AvgIpc) is 3.51. The summed E-state index contributed by atoms with van der Waals surface area (Å²) < 4.78 is 6.20. The highest BCUT2D eigenvalue weighted by molar-refractivity contribution is 6.07. The van der Waals surface area contributed by atoms with E-state index in [0.717, 1.165) is 71.6 Å². The van der Waals surface area contributed by atoms with E-state index < -0.39 is 0 Å². The van der Waals surface area contributed by atoms with E-state index in [2.05, 4.69) is 126 Å². The van der Waals surface area contributed by atoms with Crippen molar-refractivity contribution in [2.45, 2.75) is 0 Å². The van der Waals surface area contributed by atoms with E-state index in [-0.39, 0.29) is 0 Å². The van der Waals surface area contributed by atoms with E-state index in [4.69, 9.17) is 14.4 Å². The SMILES string of the molecule is c1ccc2cc(-c3nc4cc(-c5ccc(-c6ccc7ccc8cccnc8c7n6)c6ccccc56)ccc4o3)ccc2c1. The van der Waals surface area contributed by atoms with Crippen LogP contribution in [0.5, 0.6) is 0 Å². The second-order valence-corrected chi connectivity index (χ2v) is 10.9. The largest absolute Gasteiger partial charge is 0.436 e. The second-order valence-electron chi connectivity index (χ2n) is 10.9. The van der Waals surface area contributed by atoms with Gasteiger partial charge in [-0.05, 0) is 69.1 Å². The van der Waals surface area contributed by atoms with Gasteiger partial charge < -0.3 is 4.42 Å². The maximum absolute atomic E-state index is 6.20. The first-order valence-electron chi connectivity index (χ1n) is 14.4. The fourth-order valence-corrected chi connectivity index (χ4v) is 6.19. The minimum absolute atomic E-state index is 0.627. The summed E-state index contributed by atoms with van der Waals surface area (Å²) in [5, 5.41) is 6.85. The monoisotopic (exact) mass is 549 g/mol. The van der Waals surface area contributed by atoms with E-state index >= 15 is 0 Å². The van der Waals surface area contributed by atoms with Crippen LogP contribution in [0.15, 0.2) is 144 Å². The van der Waals surface area contributed by atoms with Crippen LogP contribution < -0.4 is 0 Å². The molecule has 9 aromatic rings. The number of oxazole rings is 1. The number of hydrogen-bond acceptors (Lipinski definition) is 4. The van der Waals surface area contributed by atoms with Crippen LogP contribution in [-0.2, 0) is 0 Å². The lowest BCUT2D eigenvalue weighted by atomic mass is 9.93. The van der Waals surface area contributed by atoms with Gasteiger partial charge in [0.2, 0.25) is 5.89 Å². The van der Waals surface area contributed by atoms with Crippen molar-refractivity contribution in [3.63, 3.8) is 0 Å². The third kappa shape index (κ3) is 3.88. The molecule has 200 valence electrons. The predicted octanol–water partition coefficient (Wildman–Crippen LogP) is 10.2. The van der Waals surface area contributed by atoms with E-state index in [1.807, 2.05) is 18.3 Å². The van der Waals surface area contributed by atoms with Gasteiger partial charge in [0.05, 0.1) is 16.7 Å². The van der Waals surface area contributed by atoms with Crippen LogP contribution in [0.2, 0.25) is 0 Å². The van der Waals surface area contributed by atoms with Crippen molar-refractivity contribution in [2.24, 2.45) is 0 Å². The highest BCUT2D eigenvalue weighted by Gasteiger charge is 2.14. The summed E-state index contributed by atoms with van der Waals surface area (Å²) in [4.78, 5) is 14.7. The number of hydrogen-bond donors (Lipinski definition) is 0. The lowest BCUT2D eigenvalue weighted by Gasteiger charge is -2.12. The Hall–Kier alpha value is -5.87. The third-order valence-electron chi connectivity index (χ3n) is 8.33. The molecule has 0 fully saturated rings. The summed E-state index contributed by atoms with van der Waals surface area (Å²) >= 11 is 0. The Morgan fingerprint density at radius 2 is 1.16 bits per heavy atom. The van der Waals surface area contributed by atoms with Gasteiger partial charge in [0.1, 0.15) is 5.52 Å². The highest BCUT2D eigenvalue weighted by atomic mass is 16.3. The molecule has 43 heavy (non-hydrogen) atoms. The fourth-order valence-electron chi connectivity index (χ4n) is 6.19. The molecule has 6 aromatic carbocycles. The van der Waals surface area contributed by atoms with Crippen molar-refractivity contribution >= 4 is 54.5 Å². The molecular formula is C39H23N3O. The van der Waals surface area contributed by atoms with Gasteiger partial charge in [0, 0.05) is 28.1 Å². The Morgan fingerprint density at radius 3 is 2.07 bits per heavy atom. The van der Waals surface area contributed by atoms with Gasteiger partial charge in [0.25, 0.3) is 0 Å². The zero-order valence-electron chi connectivity index (χ0n) is 23.0. The van der Waals surface area contributed by atoms with Gasteiger partial charge in [-0.2, -0.15) is 0 Å². The summed E-state index contributed by atoms with van der Waals surface area (Å²) in [6.07, 6.45) is 1.83. The lowest BCUT2D eigenvalue weighted by Crippen LogP contribution is -1.91. The van der Waals surface area contributed by atoms with Gasteiger partial charge in [-0.15, -0.1) is 0 Å². The maximum atomic E-state index is 6.20. The Kier molecular flexibility index (Phi) is 5.16. The van der Waals surface area contributed by atoms with Crippen molar-refractivity contribution in [2.75, 3.05) is 0 Å². The van der Waals surface area contributed by atoms with Crippen molar-refractivity contribution in [3.8, 4) is 33.8 Å². The third-order valence-corrected chi connectivity index (χ3v) is 8.33. The highest BCUT2D eigenvalue weighted by Crippen LogP contribution is 2.37. The van der Waals surface area contributed by atoms with Gasteiger partial charge in [-0.1, -0.05) is 97.1 Å². The lowest BCUT2D eigenvalue weighted by molar-refractivity contribution is 0.620. The topological polar surface area (TPSA) is 51.8 Å². The first-order valence-corrected chi connectivity index (χ1v) is 14.4. The molecule has 9 rings (SSSR count). The van der Waals surface area contributed by atoms with Crippen LogP contribution in [0.3, 0.4) is 0 Å². The average molecular weight is 550 g/mol. The van der Waals surface area contributed by atoms with Crippen molar-refractivity contribution in [1.82, 2.24) is 15.0 Å². The number of pyridine rings is 2. The number of nitrogens with zero attached hydrogens (tertiary/aromatic N) is 3. The summed E-state index contributed by atoms with van der Waals surface area (Å²) in [7, 11) is 0. The Balaban J connectivity index is 1.16. The molecule has 0 aliphatic heterocycles. The van der Waals surface area contributed by atoms with Gasteiger partial charge in [-0.3, -0.25) is 4.98 Å². The van der Waals surface area contributed by atoms with Crippen LogP contribution in [0.4, 0.5) is 0 Å². The molecule has 0 bridgehead atoms. The normalized spacial score (nSPS) is 11.7. The molecule has 0 saturated carbocycles. The first-order chi connectivity index (χ1) is 21.3. The number of aromatic nitrogens is 3. The molecule has 3 heterocycles. The molecule has 0 aliphatic rings. The fraction of sp³-hybridized carbons (Fsp3) is 0. The molecule has 4 heteroatoms. The number of fused-ring (bicyclic) bond motifs is 6. The van der Waals surface area contributed by atoms with E-state index in [1.165, 1.54) is 10.8 Å². The van der Waals surface area contributed by atoms with Crippen LogP contribution in [0.1, 0.15) is 0 Å². The van der Waals surface area contributed by atoms with Crippen molar-refractivity contribution in [1.29, 1.82) is 0 Å². The number of rotatable bonds is 3. The van der Waals surface area contributed by atoms with Gasteiger partial charge >= 0.3 is 0 Å². The molecule has 0 N–H and O–H groups in total. The van der Waals surface area contributed by atoms with Crippen molar-refractivity contribution < 1.29 is 4.42 Å². The molecule has 0 spiro atoms. The maximum Gasteiger partial charge on any atom is 0.227 e. The summed E-state index contributed by atoms with van der Waals surface area (Å²) in [5.74, 6) is 0.627. The molecule has 0 unspecified atom stereocenters. The summed E-state index contributed by atoms with van der Waals surface area (Å²) in [6.45, 7) is 0. The Labute approximate surface area is 246 Å². The van der Waals surface area contributed by atoms with Crippen LogP contribution >= 0.6 is 0 Å². The molecule has 0 amide bonds. The van der Waals surface area contributed by atoms with Crippen molar-refractivity contribution in [3.05, 3.63) is 140 Å². The Morgan fingerprint density at radius 1 is 0.465 bits per heavy atom. The van der Waals surface area contributed by atoms with Gasteiger partial charge in [0.15, 0.2) is 5.58 Å². The molecule has 0 radical (unpaired) electrons. The first kappa shape index (κ1) is 23.8. The van der Waals surface area contributed by atoms with E-state index in [1.54, 1.807) is 0 Å². The predicted molar refractivity (Wildman–Crippen MR) is 176 cm³/mol.